The molecule has 0 aliphatic rings. The lowest BCUT2D eigenvalue weighted by atomic mass is 10.1. The van der Waals surface area contributed by atoms with Gasteiger partial charge in [0.2, 0.25) is 0 Å². The number of rotatable bonds is 2. The first-order valence-electron chi connectivity index (χ1n) is 4.93. The molecule has 0 saturated heterocycles. The van der Waals surface area contributed by atoms with E-state index < -0.39 is 0 Å². The van der Waals surface area contributed by atoms with E-state index in [9.17, 15) is 0 Å². The van der Waals surface area contributed by atoms with Crippen LogP contribution in [0.1, 0.15) is 24.4 Å². The Morgan fingerprint density at radius 2 is 2.19 bits per heavy atom. The molecule has 0 aliphatic carbocycles. The minimum atomic E-state index is -0.214. The van der Waals surface area contributed by atoms with Crippen LogP contribution in [0, 0.1) is 6.92 Å². The quantitative estimate of drug-likeness (QED) is 0.919. The van der Waals surface area contributed by atoms with Crippen molar-refractivity contribution in [3.05, 3.63) is 34.1 Å². The highest BCUT2D eigenvalue weighted by Crippen LogP contribution is 2.24. The molecule has 84 valence electrons. The Morgan fingerprint density at radius 3 is 2.75 bits per heavy atom. The van der Waals surface area contributed by atoms with Crippen LogP contribution in [0.25, 0.3) is 11.5 Å². The summed E-state index contributed by atoms with van der Waals surface area (Å²) in [5.41, 5.74) is 7.69. The normalized spacial score (nSPS) is 12.8. The molecule has 1 atom stereocenters. The van der Waals surface area contributed by atoms with Crippen LogP contribution in [-0.4, -0.2) is 10.1 Å². The lowest BCUT2D eigenvalue weighted by Crippen LogP contribution is -2.06. The molecule has 16 heavy (non-hydrogen) atoms. The number of aromatic nitrogens is 2. The zero-order valence-corrected chi connectivity index (χ0v) is 10.7. The summed E-state index contributed by atoms with van der Waals surface area (Å²) in [5.74, 6) is 1.03. The fourth-order valence-electron chi connectivity index (χ4n) is 1.31. The lowest BCUT2D eigenvalue weighted by Gasteiger charge is -1.99. The van der Waals surface area contributed by atoms with Crippen molar-refractivity contribution < 1.29 is 4.52 Å². The first-order valence-corrected chi connectivity index (χ1v) is 5.73. The molecule has 0 aliphatic heterocycles. The smallest absolute Gasteiger partial charge is 0.257 e. The van der Waals surface area contributed by atoms with Gasteiger partial charge < -0.3 is 10.3 Å². The Labute approximate surface area is 102 Å². The molecule has 1 aromatic heterocycles. The maximum absolute atomic E-state index is 5.67. The van der Waals surface area contributed by atoms with Crippen LogP contribution in [0.4, 0.5) is 0 Å². The van der Waals surface area contributed by atoms with Gasteiger partial charge in [-0.25, -0.2) is 0 Å². The third-order valence-electron chi connectivity index (χ3n) is 2.25. The Bertz CT molecular complexity index is 508. The molecule has 1 aromatic carbocycles. The summed E-state index contributed by atoms with van der Waals surface area (Å²) < 4.78 is 6.21. The maximum Gasteiger partial charge on any atom is 0.257 e. The number of hydrogen-bond acceptors (Lipinski definition) is 4. The largest absolute Gasteiger partial charge is 0.334 e. The van der Waals surface area contributed by atoms with Crippen molar-refractivity contribution in [1.29, 1.82) is 0 Å². The Balaban J connectivity index is 2.39. The van der Waals surface area contributed by atoms with Gasteiger partial charge in [-0.1, -0.05) is 21.1 Å². The third-order valence-corrected chi connectivity index (χ3v) is 3.14. The van der Waals surface area contributed by atoms with Crippen molar-refractivity contribution in [1.82, 2.24) is 10.1 Å². The predicted molar refractivity (Wildman–Crippen MR) is 64.8 cm³/mol. The average molecular weight is 282 g/mol. The van der Waals surface area contributed by atoms with Gasteiger partial charge in [-0.05, 0) is 37.6 Å². The Hall–Kier alpha value is -1.20. The van der Waals surface area contributed by atoms with Crippen molar-refractivity contribution >= 4 is 15.9 Å². The minimum absolute atomic E-state index is 0.214. The van der Waals surface area contributed by atoms with Crippen LogP contribution in [0.5, 0.6) is 0 Å². The summed E-state index contributed by atoms with van der Waals surface area (Å²) >= 11 is 3.44. The maximum atomic E-state index is 5.67. The van der Waals surface area contributed by atoms with Crippen LogP contribution < -0.4 is 5.73 Å². The fourth-order valence-corrected chi connectivity index (χ4v) is 1.56. The molecule has 1 unspecified atom stereocenters. The van der Waals surface area contributed by atoms with E-state index in [0.29, 0.717) is 11.7 Å². The third kappa shape index (κ3) is 2.15. The van der Waals surface area contributed by atoms with Gasteiger partial charge in [0.25, 0.3) is 5.89 Å². The van der Waals surface area contributed by atoms with E-state index in [1.807, 2.05) is 32.0 Å². The Morgan fingerprint density at radius 1 is 1.44 bits per heavy atom. The zero-order valence-electron chi connectivity index (χ0n) is 9.07. The molecule has 0 fully saturated rings. The second-order valence-corrected chi connectivity index (χ2v) is 4.56. The first kappa shape index (κ1) is 11.3. The molecule has 1 heterocycles. The average Bonchev–Trinajstić information content (AvgIpc) is 2.71. The topological polar surface area (TPSA) is 64.9 Å². The van der Waals surface area contributed by atoms with E-state index in [2.05, 4.69) is 26.1 Å². The van der Waals surface area contributed by atoms with Gasteiger partial charge in [-0.3, -0.25) is 0 Å². The molecule has 4 nitrogen and oxygen atoms in total. The number of halogens is 1. The number of hydrogen-bond donors (Lipinski definition) is 1. The second-order valence-electron chi connectivity index (χ2n) is 3.71. The molecule has 5 heteroatoms. The van der Waals surface area contributed by atoms with E-state index in [1.165, 1.54) is 0 Å². The lowest BCUT2D eigenvalue weighted by molar-refractivity contribution is 0.418. The molecule has 2 aromatic rings. The molecular formula is C11H12BrN3O. The summed E-state index contributed by atoms with van der Waals surface area (Å²) in [5, 5.41) is 3.82. The Kier molecular flexibility index (Phi) is 3.07. The zero-order chi connectivity index (χ0) is 11.7. The summed E-state index contributed by atoms with van der Waals surface area (Å²) in [4.78, 5) is 4.23. The van der Waals surface area contributed by atoms with Crippen molar-refractivity contribution in [2.45, 2.75) is 19.9 Å². The second kappa shape index (κ2) is 4.35. The van der Waals surface area contributed by atoms with Crippen LogP contribution in [0.15, 0.2) is 27.2 Å². The van der Waals surface area contributed by atoms with E-state index >= 15 is 0 Å². The van der Waals surface area contributed by atoms with E-state index in [4.69, 9.17) is 10.3 Å². The van der Waals surface area contributed by atoms with Crippen molar-refractivity contribution in [2.24, 2.45) is 5.73 Å². The van der Waals surface area contributed by atoms with Gasteiger partial charge in [0.15, 0.2) is 5.82 Å². The number of nitrogens with two attached hydrogens (primary N) is 1. The highest BCUT2D eigenvalue weighted by molar-refractivity contribution is 9.10. The molecule has 0 bridgehead atoms. The highest BCUT2D eigenvalue weighted by Gasteiger charge is 2.11. The van der Waals surface area contributed by atoms with Crippen molar-refractivity contribution in [3.8, 4) is 11.5 Å². The molecule has 2 rings (SSSR count). The van der Waals surface area contributed by atoms with Gasteiger partial charge in [-0.2, -0.15) is 4.98 Å². The van der Waals surface area contributed by atoms with E-state index in [1.54, 1.807) is 0 Å². The summed E-state index contributed by atoms with van der Waals surface area (Å²) in [6.45, 7) is 3.83. The summed E-state index contributed by atoms with van der Waals surface area (Å²) in [7, 11) is 0. The summed E-state index contributed by atoms with van der Waals surface area (Å²) in [6.07, 6.45) is 0. The van der Waals surface area contributed by atoms with Crippen LogP contribution in [0.3, 0.4) is 0 Å². The first-order chi connectivity index (χ1) is 7.58. The van der Waals surface area contributed by atoms with Gasteiger partial charge in [0, 0.05) is 10.0 Å². The standard InChI is InChI=1S/C11H12BrN3O/c1-6-5-8(3-4-9(6)12)11-14-10(7(2)13)15-16-11/h3-5,7H,13H2,1-2H3. The molecule has 0 saturated carbocycles. The number of benzene rings is 1. The van der Waals surface area contributed by atoms with Crippen LogP contribution in [-0.2, 0) is 0 Å². The molecule has 2 N–H and O–H groups in total. The molecule has 0 radical (unpaired) electrons. The van der Waals surface area contributed by atoms with Gasteiger partial charge in [-0.15, -0.1) is 0 Å². The van der Waals surface area contributed by atoms with E-state index in [-0.39, 0.29) is 6.04 Å². The van der Waals surface area contributed by atoms with Gasteiger partial charge in [0.1, 0.15) is 0 Å². The van der Waals surface area contributed by atoms with Crippen LogP contribution >= 0.6 is 15.9 Å². The van der Waals surface area contributed by atoms with Crippen molar-refractivity contribution in [2.75, 3.05) is 0 Å². The number of aryl methyl sites for hydroxylation is 1. The molecule has 0 amide bonds. The van der Waals surface area contributed by atoms with Gasteiger partial charge >= 0.3 is 0 Å². The molecular weight excluding hydrogens is 270 g/mol. The van der Waals surface area contributed by atoms with E-state index in [0.717, 1.165) is 15.6 Å². The fraction of sp³-hybridized carbons (Fsp3) is 0.273. The predicted octanol–water partition coefficient (Wildman–Crippen LogP) is 2.83. The highest BCUT2D eigenvalue weighted by atomic mass is 79.9. The van der Waals surface area contributed by atoms with Crippen LogP contribution in [0.2, 0.25) is 0 Å². The SMILES string of the molecule is Cc1cc(-c2nc(C(C)N)no2)ccc1Br. The molecule has 0 spiro atoms. The van der Waals surface area contributed by atoms with Gasteiger partial charge in [0.05, 0.1) is 6.04 Å². The van der Waals surface area contributed by atoms with Crippen molar-refractivity contribution in [3.63, 3.8) is 0 Å². The number of nitrogens with zero attached hydrogens (tertiary/aromatic N) is 2. The monoisotopic (exact) mass is 281 g/mol. The minimum Gasteiger partial charge on any atom is -0.334 e. The summed E-state index contributed by atoms with van der Waals surface area (Å²) in [6, 6.07) is 5.66.